The SMILES string of the molecule is CC(=O)N1c2ccc(-c3ccc(CCN)cc3)cc2[C@H](NC(=O)OC(C)C)C[C@@H]1C.Cl. The van der Waals surface area contributed by atoms with Crippen molar-refractivity contribution in [2.75, 3.05) is 11.4 Å². The third kappa shape index (κ3) is 5.77. The van der Waals surface area contributed by atoms with Gasteiger partial charge in [-0.1, -0.05) is 30.3 Å². The van der Waals surface area contributed by atoms with E-state index in [1.807, 2.05) is 32.9 Å². The van der Waals surface area contributed by atoms with Gasteiger partial charge in [0.15, 0.2) is 0 Å². The number of hydrogen-bond acceptors (Lipinski definition) is 4. The predicted octanol–water partition coefficient (Wildman–Crippen LogP) is 4.60. The highest BCUT2D eigenvalue weighted by Crippen LogP contribution is 2.39. The van der Waals surface area contributed by atoms with Gasteiger partial charge >= 0.3 is 6.09 Å². The van der Waals surface area contributed by atoms with Crippen LogP contribution in [0.1, 0.15) is 51.3 Å². The number of alkyl carbamates (subject to hydrolysis) is 1. The maximum atomic E-state index is 12.3. The first-order valence-corrected chi connectivity index (χ1v) is 10.5. The summed E-state index contributed by atoms with van der Waals surface area (Å²) in [4.78, 5) is 26.4. The highest BCUT2D eigenvalue weighted by molar-refractivity contribution is 5.94. The van der Waals surface area contributed by atoms with E-state index in [2.05, 4.69) is 35.6 Å². The number of halogens is 1. The Morgan fingerprint density at radius 2 is 1.81 bits per heavy atom. The van der Waals surface area contributed by atoms with E-state index in [1.165, 1.54) is 5.56 Å². The maximum Gasteiger partial charge on any atom is 0.407 e. The van der Waals surface area contributed by atoms with Gasteiger partial charge in [0.2, 0.25) is 5.91 Å². The number of nitrogens with zero attached hydrogens (tertiary/aromatic N) is 1. The van der Waals surface area contributed by atoms with E-state index in [-0.39, 0.29) is 36.5 Å². The first kappa shape index (κ1) is 24.7. The highest BCUT2D eigenvalue weighted by Gasteiger charge is 2.33. The summed E-state index contributed by atoms with van der Waals surface area (Å²) in [5.74, 6) is -0.00848. The Morgan fingerprint density at radius 1 is 1.16 bits per heavy atom. The molecule has 2 amide bonds. The Balaban J connectivity index is 0.00000341. The number of fused-ring (bicyclic) bond motifs is 1. The highest BCUT2D eigenvalue weighted by atomic mass is 35.5. The van der Waals surface area contributed by atoms with Crippen LogP contribution in [0, 0.1) is 0 Å². The molecule has 0 fully saturated rings. The van der Waals surface area contributed by atoms with E-state index < -0.39 is 6.09 Å². The van der Waals surface area contributed by atoms with E-state index >= 15 is 0 Å². The molecule has 0 spiro atoms. The van der Waals surface area contributed by atoms with Gasteiger partial charge in [0.1, 0.15) is 0 Å². The number of anilines is 1. The molecule has 6 nitrogen and oxygen atoms in total. The number of nitrogens with one attached hydrogen (secondary N) is 1. The standard InChI is InChI=1S/C24H31N3O3.ClH/c1-15(2)30-24(29)26-22-13-16(3)27(17(4)28)23-10-9-20(14-21(22)23)19-7-5-18(6-8-19)11-12-25;/h5-10,14-16,22H,11-13,25H2,1-4H3,(H,26,29);1H/t16-,22+;/m0./s1. The van der Waals surface area contributed by atoms with Crippen LogP contribution >= 0.6 is 12.4 Å². The van der Waals surface area contributed by atoms with Crippen molar-refractivity contribution >= 4 is 30.1 Å². The molecule has 2 atom stereocenters. The monoisotopic (exact) mass is 445 g/mol. The number of benzene rings is 2. The lowest BCUT2D eigenvalue weighted by Gasteiger charge is -2.39. The van der Waals surface area contributed by atoms with Gasteiger partial charge in [-0.3, -0.25) is 4.79 Å². The molecular weight excluding hydrogens is 414 g/mol. The quantitative estimate of drug-likeness (QED) is 0.704. The molecule has 3 N–H and O–H groups in total. The number of amides is 2. The van der Waals surface area contributed by atoms with Gasteiger partial charge in [-0.25, -0.2) is 4.79 Å². The normalized spacial score (nSPS) is 17.5. The third-order valence-corrected chi connectivity index (χ3v) is 5.37. The third-order valence-electron chi connectivity index (χ3n) is 5.37. The van der Waals surface area contributed by atoms with Gasteiger partial charge in [-0.15, -0.1) is 12.4 Å². The van der Waals surface area contributed by atoms with Crippen LogP contribution in [0.25, 0.3) is 11.1 Å². The molecule has 2 aromatic carbocycles. The lowest BCUT2D eigenvalue weighted by molar-refractivity contribution is -0.117. The Bertz CT molecular complexity index is 915. The topological polar surface area (TPSA) is 84.7 Å². The maximum absolute atomic E-state index is 12.3. The molecule has 7 heteroatoms. The molecule has 0 aliphatic carbocycles. The van der Waals surface area contributed by atoms with Gasteiger partial charge < -0.3 is 20.7 Å². The van der Waals surface area contributed by atoms with Crippen molar-refractivity contribution in [2.24, 2.45) is 5.73 Å². The average molecular weight is 446 g/mol. The fraction of sp³-hybridized carbons (Fsp3) is 0.417. The molecule has 2 aromatic rings. The second-order valence-electron chi connectivity index (χ2n) is 8.13. The molecular formula is C24H32ClN3O3. The van der Waals surface area contributed by atoms with Crippen molar-refractivity contribution in [1.29, 1.82) is 0 Å². The number of nitrogens with two attached hydrogens (primary N) is 1. The largest absolute Gasteiger partial charge is 0.447 e. The van der Waals surface area contributed by atoms with Gasteiger partial charge in [0, 0.05) is 18.7 Å². The van der Waals surface area contributed by atoms with E-state index in [9.17, 15) is 9.59 Å². The molecule has 1 aliphatic heterocycles. The van der Waals surface area contributed by atoms with E-state index in [1.54, 1.807) is 11.8 Å². The first-order chi connectivity index (χ1) is 14.3. The van der Waals surface area contributed by atoms with Crippen LogP contribution in [-0.2, 0) is 16.0 Å². The summed E-state index contributed by atoms with van der Waals surface area (Å²) in [6.07, 6.45) is 0.831. The number of carbonyl (C=O) groups excluding carboxylic acids is 2. The zero-order valence-corrected chi connectivity index (χ0v) is 19.4. The lowest BCUT2D eigenvalue weighted by atomic mass is 9.89. The van der Waals surface area contributed by atoms with Crippen molar-refractivity contribution < 1.29 is 14.3 Å². The van der Waals surface area contributed by atoms with Gasteiger partial charge in [0.25, 0.3) is 0 Å². The number of ether oxygens (including phenoxy) is 1. The van der Waals surface area contributed by atoms with Crippen LogP contribution < -0.4 is 16.0 Å². The van der Waals surface area contributed by atoms with Crippen molar-refractivity contribution in [3.63, 3.8) is 0 Å². The Hall–Kier alpha value is -2.57. The summed E-state index contributed by atoms with van der Waals surface area (Å²) in [6, 6.07) is 14.1. The lowest BCUT2D eigenvalue weighted by Crippen LogP contribution is -2.45. The van der Waals surface area contributed by atoms with Crippen molar-refractivity contribution in [3.8, 4) is 11.1 Å². The molecule has 1 heterocycles. The number of carbonyl (C=O) groups is 2. The molecule has 31 heavy (non-hydrogen) atoms. The molecule has 0 unspecified atom stereocenters. The van der Waals surface area contributed by atoms with Crippen LogP contribution in [0.15, 0.2) is 42.5 Å². The predicted molar refractivity (Wildman–Crippen MR) is 127 cm³/mol. The van der Waals surface area contributed by atoms with Crippen LogP contribution in [-0.4, -0.2) is 30.7 Å². The second kappa shape index (κ2) is 10.6. The Morgan fingerprint density at radius 3 is 2.39 bits per heavy atom. The molecule has 3 rings (SSSR count). The minimum Gasteiger partial charge on any atom is -0.447 e. The van der Waals surface area contributed by atoms with Gasteiger partial charge in [-0.2, -0.15) is 0 Å². The summed E-state index contributed by atoms with van der Waals surface area (Å²) in [6.45, 7) is 7.83. The smallest absolute Gasteiger partial charge is 0.407 e. The van der Waals surface area contributed by atoms with Crippen LogP contribution in [0.3, 0.4) is 0 Å². The summed E-state index contributed by atoms with van der Waals surface area (Å²) in [7, 11) is 0. The zero-order valence-electron chi connectivity index (χ0n) is 18.6. The number of hydrogen-bond donors (Lipinski definition) is 2. The summed E-state index contributed by atoms with van der Waals surface area (Å²) < 4.78 is 5.29. The summed E-state index contributed by atoms with van der Waals surface area (Å²) in [5, 5.41) is 2.99. The molecule has 0 radical (unpaired) electrons. The van der Waals surface area contributed by atoms with Crippen LogP contribution in [0.5, 0.6) is 0 Å². The van der Waals surface area contributed by atoms with Gasteiger partial charge in [0.05, 0.1) is 12.1 Å². The Labute approximate surface area is 190 Å². The van der Waals surface area contributed by atoms with E-state index in [0.717, 1.165) is 28.8 Å². The molecule has 168 valence electrons. The zero-order chi connectivity index (χ0) is 21.8. The minimum atomic E-state index is -0.444. The van der Waals surface area contributed by atoms with Gasteiger partial charge in [-0.05, 0) is 74.5 Å². The van der Waals surface area contributed by atoms with E-state index in [0.29, 0.717) is 13.0 Å². The summed E-state index contributed by atoms with van der Waals surface area (Å²) in [5.41, 5.74) is 10.7. The molecule has 1 aliphatic rings. The van der Waals surface area contributed by atoms with Crippen molar-refractivity contribution in [3.05, 3.63) is 53.6 Å². The van der Waals surface area contributed by atoms with Crippen LogP contribution in [0.4, 0.5) is 10.5 Å². The molecule has 0 saturated heterocycles. The fourth-order valence-corrected chi connectivity index (χ4v) is 4.08. The Kier molecular flexibility index (Phi) is 8.48. The second-order valence-corrected chi connectivity index (χ2v) is 8.13. The van der Waals surface area contributed by atoms with Crippen molar-refractivity contribution in [2.45, 2.75) is 58.7 Å². The molecule has 0 saturated carbocycles. The minimum absolute atomic E-state index is 0. The summed E-state index contributed by atoms with van der Waals surface area (Å²) >= 11 is 0. The molecule has 0 bridgehead atoms. The first-order valence-electron chi connectivity index (χ1n) is 10.5. The average Bonchev–Trinajstić information content (AvgIpc) is 2.67. The van der Waals surface area contributed by atoms with Crippen LogP contribution in [0.2, 0.25) is 0 Å². The van der Waals surface area contributed by atoms with E-state index in [4.69, 9.17) is 10.5 Å². The van der Waals surface area contributed by atoms with Crippen molar-refractivity contribution in [1.82, 2.24) is 5.32 Å². The number of rotatable bonds is 5. The fourth-order valence-electron chi connectivity index (χ4n) is 4.08. The molecule has 0 aromatic heterocycles.